The standard InChI is InChI=1S/C17H25N3O3/c21-16-15(9-11-19-17(22)23)20-14-8-5-7-13(12-14)6-3-1-2-4-10-18-16/h5,7-8,12,15,19-20H,1-4,6,9-11H2,(H,18,21)(H,22,23). The van der Waals surface area contributed by atoms with Crippen molar-refractivity contribution in [3.8, 4) is 0 Å². The zero-order chi connectivity index (χ0) is 16.5. The van der Waals surface area contributed by atoms with Crippen LogP contribution in [0, 0.1) is 0 Å². The summed E-state index contributed by atoms with van der Waals surface area (Å²) in [6, 6.07) is 7.66. The molecule has 0 aromatic heterocycles. The number of fused-ring (bicyclic) bond motifs is 2. The number of anilines is 1. The van der Waals surface area contributed by atoms with Gasteiger partial charge < -0.3 is 21.1 Å². The van der Waals surface area contributed by atoms with Crippen molar-refractivity contribution in [2.45, 2.75) is 44.6 Å². The molecule has 1 aromatic carbocycles. The van der Waals surface area contributed by atoms with Crippen LogP contribution >= 0.6 is 0 Å². The molecule has 0 saturated heterocycles. The number of carbonyl (C=O) groups excluding carboxylic acids is 1. The molecule has 6 heteroatoms. The summed E-state index contributed by atoms with van der Waals surface area (Å²) in [5.41, 5.74) is 2.16. The van der Waals surface area contributed by atoms with Gasteiger partial charge in [0.05, 0.1) is 0 Å². The number of aryl methyl sites for hydroxylation is 1. The van der Waals surface area contributed by atoms with Gasteiger partial charge in [0, 0.05) is 18.8 Å². The Hall–Kier alpha value is -2.24. The molecule has 1 aromatic rings. The third kappa shape index (κ3) is 6.18. The predicted octanol–water partition coefficient (Wildman–Crippen LogP) is 2.36. The van der Waals surface area contributed by atoms with Crippen LogP contribution in [0.5, 0.6) is 0 Å². The van der Waals surface area contributed by atoms with E-state index in [1.54, 1.807) is 0 Å². The Morgan fingerprint density at radius 2 is 2.09 bits per heavy atom. The van der Waals surface area contributed by atoms with Gasteiger partial charge in [-0.1, -0.05) is 25.0 Å². The normalized spacial score (nSPS) is 19.3. The fourth-order valence-corrected chi connectivity index (χ4v) is 2.75. The average Bonchev–Trinajstić information content (AvgIpc) is 2.53. The highest BCUT2D eigenvalue weighted by molar-refractivity contribution is 5.84. The highest BCUT2D eigenvalue weighted by Crippen LogP contribution is 2.16. The maximum atomic E-state index is 12.3. The van der Waals surface area contributed by atoms with Crippen LogP contribution in [0.1, 0.15) is 37.7 Å². The summed E-state index contributed by atoms with van der Waals surface area (Å²) in [6.07, 6.45) is 4.78. The molecule has 0 saturated carbocycles. The van der Waals surface area contributed by atoms with Crippen LogP contribution in [0.2, 0.25) is 0 Å². The third-order valence-electron chi connectivity index (χ3n) is 3.99. The van der Waals surface area contributed by atoms with Gasteiger partial charge >= 0.3 is 6.09 Å². The molecule has 2 rings (SSSR count). The first-order valence-electron chi connectivity index (χ1n) is 8.25. The fraction of sp³-hybridized carbons (Fsp3) is 0.529. The number of hydrogen-bond acceptors (Lipinski definition) is 3. The summed E-state index contributed by atoms with van der Waals surface area (Å²) in [7, 11) is 0. The molecular weight excluding hydrogens is 294 g/mol. The molecule has 0 radical (unpaired) electrons. The van der Waals surface area contributed by atoms with Crippen LogP contribution in [0.4, 0.5) is 10.5 Å². The number of rotatable bonds is 3. The Morgan fingerprint density at radius 1 is 1.26 bits per heavy atom. The minimum absolute atomic E-state index is 0.0816. The van der Waals surface area contributed by atoms with E-state index < -0.39 is 12.1 Å². The number of benzene rings is 1. The van der Waals surface area contributed by atoms with Crippen molar-refractivity contribution in [2.75, 3.05) is 18.4 Å². The fourth-order valence-electron chi connectivity index (χ4n) is 2.75. The molecule has 23 heavy (non-hydrogen) atoms. The minimum Gasteiger partial charge on any atom is -0.465 e. The van der Waals surface area contributed by atoms with Gasteiger partial charge in [-0.05, 0) is 43.4 Å². The molecule has 1 aliphatic heterocycles. The lowest BCUT2D eigenvalue weighted by atomic mass is 10.1. The summed E-state index contributed by atoms with van der Waals surface area (Å²) < 4.78 is 0. The lowest BCUT2D eigenvalue weighted by molar-refractivity contribution is -0.121. The van der Waals surface area contributed by atoms with Gasteiger partial charge in [-0.2, -0.15) is 0 Å². The van der Waals surface area contributed by atoms with E-state index in [0.717, 1.165) is 31.4 Å². The Balaban J connectivity index is 2.07. The highest BCUT2D eigenvalue weighted by atomic mass is 16.4. The van der Waals surface area contributed by atoms with Crippen LogP contribution in [0.25, 0.3) is 0 Å². The summed E-state index contributed by atoms with van der Waals surface area (Å²) in [5, 5.41) is 17.2. The molecule has 4 N–H and O–H groups in total. The zero-order valence-electron chi connectivity index (χ0n) is 13.3. The molecule has 126 valence electrons. The van der Waals surface area contributed by atoms with E-state index in [-0.39, 0.29) is 12.5 Å². The largest absolute Gasteiger partial charge is 0.465 e. The zero-order valence-corrected chi connectivity index (χ0v) is 13.3. The van der Waals surface area contributed by atoms with E-state index in [1.807, 2.05) is 12.1 Å². The number of amides is 2. The molecule has 0 aliphatic carbocycles. The highest BCUT2D eigenvalue weighted by Gasteiger charge is 2.18. The van der Waals surface area contributed by atoms with E-state index in [0.29, 0.717) is 13.0 Å². The Bertz CT molecular complexity index is 534. The van der Waals surface area contributed by atoms with Crippen LogP contribution in [-0.2, 0) is 11.2 Å². The molecular formula is C17H25N3O3. The molecule has 0 spiro atoms. The monoisotopic (exact) mass is 319 g/mol. The van der Waals surface area contributed by atoms with E-state index in [9.17, 15) is 9.59 Å². The number of hydrogen-bond donors (Lipinski definition) is 4. The van der Waals surface area contributed by atoms with Gasteiger partial charge in [-0.3, -0.25) is 4.79 Å². The van der Waals surface area contributed by atoms with Crippen molar-refractivity contribution < 1.29 is 14.7 Å². The van der Waals surface area contributed by atoms with E-state index in [1.165, 1.54) is 12.0 Å². The number of carboxylic acid groups (broad SMARTS) is 1. The minimum atomic E-state index is -1.07. The van der Waals surface area contributed by atoms with Crippen molar-refractivity contribution in [1.82, 2.24) is 10.6 Å². The van der Waals surface area contributed by atoms with Crippen LogP contribution in [-0.4, -0.2) is 36.2 Å². The van der Waals surface area contributed by atoms with Gasteiger partial charge in [0.25, 0.3) is 0 Å². The van der Waals surface area contributed by atoms with Crippen molar-refractivity contribution in [3.63, 3.8) is 0 Å². The second-order valence-corrected chi connectivity index (χ2v) is 5.87. The van der Waals surface area contributed by atoms with Gasteiger partial charge in [0.15, 0.2) is 0 Å². The molecule has 0 fully saturated rings. The van der Waals surface area contributed by atoms with Crippen LogP contribution < -0.4 is 16.0 Å². The SMILES string of the molecule is O=C(O)NCCC1Nc2cccc(c2)CCCCCCNC1=O. The number of carbonyl (C=O) groups is 2. The van der Waals surface area contributed by atoms with Crippen molar-refractivity contribution in [3.05, 3.63) is 29.8 Å². The summed E-state index contributed by atoms with van der Waals surface area (Å²) in [6.45, 7) is 0.904. The molecule has 1 aliphatic rings. The summed E-state index contributed by atoms with van der Waals surface area (Å²) in [4.78, 5) is 22.9. The van der Waals surface area contributed by atoms with Crippen LogP contribution in [0.15, 0.2) is 24.3 Å². The molecule has 1 heterocycles. The third-order valence-corrected chi connectivity index (χ3v) is 3.99. The molecule has 1 atom stereocenters. The first-order valence-corrected chi connectivity index (χ1v) is 8.25. The van der Waals surface area contributed by atoms with Crippen molar-refractivity contribution in [1.29, 1.82) is 0 Å². The van der Waals surface area contributed by atoms with Gasteiger partial charge in [-0.15, -0.1) is 0 Å². The molecule has 6 nitrogen and oxygen atoms in total. The topological polar surface area (TPSA) is 90.5 Å². The average molecular weight is 319 g/mol. The van der Waals surface area contributed by atoms with Gasteiger partial charge in [0.1, 0.15) is 6.04 Å². The Kier molecular flexibility index (Phi) is 6.72. The lowest BCUT2D eigenvalue weighted by Gasteiger charge is -2.20. The van der Waals surface area contributed by atoms with E-state index >= 15 is 0 Å². The maximum absolute atomic E-state index is 12.3. The number of nitrogens with one attached hydrogen (secondary N) is 3. The second kappa shape index (κ2) is 9.02. The summed E-state index contributed by atoms with van der Waals surface area (Å²) >= 11 is 0. The Labute approximate surface area is 136 Å². The van der Waals surface area contributed by atoms with E-state index in [4.69, 9.17) is 5.11 Å². The van der Waals surface area contributed by atoms with E-state index in [2.05, 4.69) is 28.1 Å². The summed E-state index contributed by atoms with van der Waals surface area (Å²) in [5.74, 6) is -0.0816. The maximum Gasteiger partial charge on any atom is 0.404 e. The quantitative estimate of drug-likeness (QED) is 0.688. The Morgan fingerprint density at radius 3 is 2.91 bits per heavy atom. The lowest BCUT2D eigenvalue weighted by Crippen LogP contribution is -2.42. The predicted molar refractivity (Wildman–Crippen MR) is 89.7 cm³/mol. The van der Waals surface area contributed by atoms with Gasteiger partial charge in [-0.25, -0.2) is 4.79 Å². The molecule has 2 amide bonds. The van der Waals surface area contributed by atoms with Crippen LogP contribution in [0.3, 0.4) is 0 Å². The first kappa shape index (κ1) is 17.1. The molecule has 1 unspecified atom stereocenters. The second-order valence-electron chi connectivity index (χ2n) is 5.87. The molecule has 2 bridgehead atoms. The van der Waals surface area contributed by atoms with Crippen molar-refractivity contribution in [2.24, 2.45) is 0 Å². The van der Waals surface area contributed by atoms with Crippen molar-refractivity contribution >= 4 is 17.7 Å². The first-order chi connectivity index (χ1) is 11.1. The smallest absolute Gasteiger partial charge is 0.404 e. The van der Waals surface area contributed by atoms with Gasteiger partial charge in [0.2, 0.25) is 5.91 Å².